The zero-order valence-corrected chi connectivity index (χ0v) is 12.8. The summed E-state index contributed by atoms with van der Waals surface area (Å²) in [5.41, 5.74) is 0.961. The van der Waals surface area contributed by atoms with Gasteiger partial charge in [-0.2, -0.15) is 0 Å². The summed E-state index contributed by atoms with van der Waals surface area (Å²) in [5.74, 6) is -0.700. The van der Waals surface area contributed by atoms with Crippen LogP contribution in [-0.2, 0) is 19.4 Å². The van der Waals surface area contributed by atoms with E-state index in [4.69, 9.17) is 4.74 Å². The van der Waals surface area contributed by atoms with Crippen molar-refractivity contribution in [2.24, 2.45) is 0 Å². The van der Waals surface area contributed by atoms with E-state index in [-0.39, 0.29) is 17.9 Å². The maximum atomic E-state index is 12.5. The van der Waals surface area contributed by atoms with Crippen LogP contribution in [0.25, 0.3) is 0 Å². The van der Waals surface area contributed by atoms with E-state index in [9.17, 15) is 13.2 Å². The molecule has 0 aliphatic heterocycles. The molecule has 20 heavy (non-hydrogen) atoms. The van der Waals surface area contributed by atoms with E-state index in [1.54, 1.807) is 31.2 Å². The maximum absolute atomic E-state index is 12.5. The Morgan fingerprint density at radius 3 is 2.35 bits per heavy atom. The van der Waals surface area contributed by atoms with Crippen molar-refractivity contribution in [1.82, 2.24) is 0 Å². The van der Waals surface area contributed by atoms with Crippen molar-refractivity contribution in [3.8, 4) is 0 Å². The van der Waals surface area contributed by atoms with Crippen LogP contribution in [0, 0.1) is 0 Å². The lowest BCUT2D eigenvalue weighted by molar-refractivity contribution is -0.142. The topological polar surface area (TPSA) is 60.4 Å². The van der Waals surface area contributed by atoms with Crippen LogP contribution in [0.1, 0.15) is 27.2 Å². The highest BCUT2D eigenvalue weighted by atomic mass is 32.2. The van der Waals surface area contributed by atoms with E-state index in [0.717, 1.165) is 5.57 Å². The first-order valence-corrected chi connectivity index (χ1v) is 8.03. The van der Waals surface area contributed by atoms with Crippen LogP contribution in [0.15, 0.2) is 46.9 Å². The van der Waals surface area contributed by atoms with Crippen molar-refractivity contribution >= 4 is 15.8 Å². The first kappa shape index (κ1) is 16.4. The molecule has 1 unspecified atom stereocenters. The Balaban J connectivity index is 3.15. The van der Waals surface area contributed by atoms with Gasteiger partial charge in [-0.3, -0.25) is 4.79 Å². The zero-order chi connectivity index (χ0) is 15.2. The summed E-state index contributed by atoms with van der Waals surface area (Å²) in [7, 11) is -3.74. The molecule has 5 heteroatoms. The van der Waals surface area contributed by atoms with Crippen LogP contribution in [0.4, 0.5) is 0 Å². The molecule has 4 nitrogen and oxygen atoms in total. The summed E-state index contributed by atoms with van der Waals surface area (Å²) in [6.45, 7) is 5.54. The fraction of sp³-hybridized carbons (Fsp3) is 0.400. The number of esters is 1. The van der Waals surface area contributed by atoms with E-state index in [2.05, 4.69) is 0 Å². The smallest absolute Gasteiger partial charge is 0.325 e. The van der Waals surface area contributed by atoms with Crippen LogP contribution in [0.3, 0.4) is 0 Å². The Morgan fingerprint density at radius 2 is 1.85 bits per heavy atom. The van der Waals surface area contributed by atoms with Gasteiger partial charge in [0.1, 0.15) is 0 Å². The predicted molar refractivity (Wildman–Crippen MR) is 78.1 cm³/mol. The van der Waals surface area contributed by atoms with Gasteiger partial charge in [0.05, 0.1) is 11.5 Å². The molecule has 1 rings (SSSR count). The van der Waals surface area contributed by atoms with Gasteiger partial charge < -0.3 is 4.74 Å². The number of sulfone groups is 1. The van der Waals surface area contributed by atoms with Crippen LogP contribution in [0.2, 0.25) is 0 Å². The average molecular weight is 296 g/mol. The van der Waals surface area contributed by atoms with Crippen LogP contribution in [0.5, 0.6) is 0 Å². The van der Waals surface area contributed by atoms with E-state index in [1.807, 2.05) is 13.8 Å². The highest BCUT2D eigenvalue weighted by Gasteiger charge is 2.34. The van der Waals surface area contributed by atoms with Crippen molar-refractivity contribution in [2.75, 3.05) is 6.61 Å². The highest BCUT2D eigenvalue weighted by Crippen LogP contribution is 2.20. The molecule has 0 saturated carbocycles. The van der Waals surface area contributed by atoms with Crippen LogP contribution in [-0.4, -0.2) is 26.2 Å². The van der Waals surface area contributed by atoms with Gasteiger partial charge in [0.15, 0.2) is 15.1 Å². The Kier molecular flexibility index (Phi) is 5.95. The normalized spacial score (nSPS) is 12.6. The van der Waals surface area contributed by atoms with E-state index in [0.29, 0.717) is 0 Å². The molecule has 0 bridgehead atoms. The molecule has 0 aliphatic rings. The third-order valence-electron chi connectivity index (χ3n) is 2.74. The second-order valence-corrected chi connectivity index (χ2v) is 6.75. The van der Waals surface area contributed by atoms with Gasteiger partial charge in [0, 0.05) is 0 Å². The number of allylic oxidation sites excluding steroid dienone is 2. The number of rotatable bonds is 6. The summed E-state index contributed by atoms with van der Waals surface area (Å²) >= 11 is 0. The van der Waals surface area contributed by atoms with Gasteiger partial charge in [-0.15, -0.1) is 0 Å². The Bertz CT molecular complexity index is 569. The highest BCUT2D eigenvalue weighted by molar-refractivity contribution is 7.92. The molecule has 0 aliphatic carbocycles. The van der Waals surface area contributed by atoms with Crippen molar-refractivity contribution < 1.29 is 17.9 Å². The molecular formula is C15H20O4S. The van der Waals surface area contributed by atoms with Crippen molar-refractivity contribution in [2.45, 2.75) is 37.3 Å². The fourth-order valence-electron chi connectivity index (χ4n) is 1.70. The van der Waals surface area contributed by atoms with Gasteiger partial charge in [-0.05, 0) is 39.3 Å². The molecule has 1 atom stereocenters. The number of ether oxygens (including phenoxy) is 1. The minimum Gasteiger partial charge on any atom is -0.465 e. The maximum Gasteiger partial charge on any atom is 0.325 e. The summed E-state index contributed by atoms with van der Waals surface area (Å²) in [4.78, 5) is 12.1. The van der Waals surface area contributed by atoms with Crippen molar-refractivity contribution in [1.29, 1.82) is 0 Å². The van der Waals surface area contributed by atoms with Crippen LogP contribution < -0.4 is 0 Å². The number of hydrogen-bond donors (Lipinski definition) is 0. The summed E-state index contributed by atoms with van der Waals surface area (Å²) < 4.78 is 30.0. The zero-order valence-electron chi connectivity index (χ0n) is 12.0. The lowest BCUT2D eigenvalue weighted by atomic mass is 10.2. The quantitative estimate of drug-likeness (QED) is 0.598. The Labute approximate surface area is 120 Å². The summed E-state index contributed by atoms with van der Waals surface area (Å²) in [6, 6.07) is 7.98. The SMILES string of the molecule is CCOC(=O)C(CC=C(C)C)S(=O)(=O)c1ccccc1. The monoisotopic (exact) mass is 296 g/mol. The fourth-order valence-corrected chi connectivity index (χ4v) is 3.24. The lowest BCUT2D eigenvalue weighted by Crippen LogP contribution is -2.32. The largest absolute Gasteiger partial charge is 0.465 e. The third-order valence-corrected chi connectivity index (χ3v) is 4.80. The van der Waals surface area contributed by atoms with Gasteiger partial charge in [0.25, 0.3) is 0 Å². The second kappa shape index (κ2) is 7.24. The number of hydrogen-bond acceptors (Lipinski definition) is 4. The van der Waals surface area contributed by atoms with Gasteiger partial charge in [-0.1, -0.05) is 29.8 Å². The summed E-state index contributed by atoms with van der Waals surface area (Å²) in [6.07, 6.45) is 1.86. The Hall–Kier alpha value is -1.62. The number of benzene rings is 1. The molecule has 0 spiro atoms. The molecule has 0 saturated heterocycles. The average Bonchev–Trinajstić information content (AvgIpc) is 2.39. The molecule has 1 aromatic carbocycles. The molecule has 0 fully saturated rings. The molecule has 0 N–H and O–H groups in total. The van der Waals surface area contributed by atoms with Gasteiger partial charge in [0.2, 0.25) is 0 Å². The first-order valence-electron chi connectivity index (χ1n) is 6.48. The van der Waals surface area contributed by atoms with Crippen molar-refractivity contribution in [3.05, 3.63) is 42.0 Å². The molecule has 110 valence electrons. The predicted octanol–water partition coefficient (Wildman–Crippen LogP) is 2.75. The lowest BCUT2D eigenvalue weighted by Gasteiger charge is -2.15. The molecule has 0 amide bonds. The van der Waals surface area contributed by atoms with Gasteiger partial charge >= 0.3 is 5.97 Å². The van der Waals surface area contributed by atoms with Crippen LogP contribution >= 0.6 is 0 Å². The number of carbonyl (C=O) groups excluding carboxylic acids is 1. The molecule has 1 aromatic rings. The molecule has 0 heterocycles. The summed E-state index contributed by atoms with van der Waals surface area (Å²) in [5, 5.41) is -1.19. The molecular weight excluding hydrogens is 276 g/mol. The standard InChI is InChI=1S/C15H20O4S/c1-4-19-15(16)14(11-10-12(2)3)20(17,18)13-8-6-5-7-9-13/h5-10,14H,4,11H2,1-3H3. The molecule has 0 aromatic heterocycles. The minimum absolute atomic E-state index is 0.123. The Morgan fingerprint density at radius 1 is 1.25 bits per heavy atom. The minimum atomic E-state index is -3.74. The second-order valence-electron chi connectivity index (χ2n) is 4.62. The number of carbonyl (C=O) groups is 1. The van der Waals surface area contributed by atoms with E-state index in [1.165, 1.54) is 12.1 Å². The first-order chi connectivity index (χ1) is 9.39. The van der Waals surface area contributed by atoms with Gasteiger partial charge in [-0.25, -0.2) is 8.42 Å². The van der Waals surface area contributed by atoms with Crippen molar-refractivity contribution in [3.63, 3.8) is 0 Å². The molecule has 0 radical (unpaired) electrons. The van der Waals surface area contributed by atoms with E-state index < -0.39 is 21.1 Å². The van der Waals surface area contributed by atoms with E-state index >= 15 is 0 Å². The third kappa shape index (κ3) is 4.20.